The summed E-state index contributed by atoms with van der Waals surface area (Å²) in [6.07, 6.45) is 3.42. The minimum absolute atomic E-state index is 0.000948. The summed E-state index contributed by atoms with van der Waals surface area (Å²) < 4.78 is 26.5. The number of rotatable bonds is 3. The Morgan fingerprint density at radius 2 is 1.94 bits per heavy atom. The van der Waals surface area contributed by atoms with Crippen LogP contribution in [0.3, 0.4) is 0 Å². The third-order valence-corrected chi connectivity index (χ3v) is 3.43. The molecule has 2 rings (SSSR count). The summed E-state index contributed by atoms with van der Waals surface area (Å²) in [6.45, 7) is 0.631. The summed E-state index contributed by atoms with van der Waals surface area (Å²) in [4.78, 5) is 13.5. The second-order valence-corrected chi connectivity index (χ2v) is 4.84. The second-order valence-electron chi connectivity index (χ2n) is 4.84. The van der Waals surface area contributed by atoms with Gasteiger partial charge in [-0.3, -0.25) is 4.79 Å². The highest BCUT2D eigenvalue weighted by molar-refractivity contribution is 5.94. The van der Waals surface area contributed by atoms with Crippen LogP contribution in [0.15, 0.2) is 12.1 Å². The Balaban J connectivity index is 2.12. The van der Waals surface area contributed by atoms with Crippen molar-refractivity contribution in [2.75, 3.05) is 19.3 Å². The summed E-state index contributed by atoms with van der Waals surface area (Å²) in [5.41, 5.74) is 4.62. The van der Waals surface area contributed by atoms with Crippen LogP contribution in [-0.2, 0) is 0 Å². The third-order valence-electron chi connectivity index (χ3n) is 3.43. The maximum atomic E-state index is 13.3. The summed E-state index contributed by atoms with van der Waals surface area (Å²) in [6, 6.07) is 1.97. The van der Waals surface area contributed by atoms with Gasteiger partial charge in [-0.1, -0.05) is 6.42 Å². The third kappa shape index (κ3) is 2.44. The first-order valence-corrected chi connectivity index (χ1v) is 5.99. The van der Waals surface area contributed by atoms with Gasteiger partial charge in [0.05, 0.1) is 0 Å². The van der Waals surface area contributed by atoms with Crippen molar-refractivity contribution in [2.45, 2.75) is 19.3 Å². The van der Waals surface area contributed by atoms with Crippen molar-refractivity contribution in [1.82, 2.24) is 4.90 Å². The lowest BCUT2D eigenvalue weighted by Crippen LogP contribution is -2.34. The largest absolute Gasteiger partial charge is 0.394 e. The van der Waals surface area contributed by atoms with Crippen LogP contribution < -0.4 is 5.73 Å². The quantitative estimate of drug-likeness (QED) is 0.842. The standard InChI is InChI=1S/C13H16F2N2O/c1-17(7-8-3-2-4-8)13(18)9-5-10(14)12(16)11(15)6-9/h5-6,8H,2-4,7,16H2,1H3. The molecule has 1 aromatic carbocycles. The van der Waals surface area contributed by atoms with Gasteiger partial charge >= 0.3 is 0 Å². The summed E-state index contributed by atoms with van der Waals surface area (Å²) in [7, 11) is 1.65. The number of halogens is 2. The number of carbonyl (C=O) groups excluding carboxylic acids is 1. The first-order chi connectivity index (χ1) is 8.49. The first-order valence-electron chi connectivity index (χ1n) is 5.99. The number of nitrogens with two attached hydrogens (primary N) is 1. The van der Waals surface area contributed by atoms with E-state index in [1.54, 1.807) is 7.05 Å². The number of carbonyl (C=O) groups is 1. The predicted octanol–water partition coefficient (Wildman–Crippen LogP) is 2.42. The molecule has 18 heavy (non-hydrogen) atoms. The average molecular weight is 254 g/mol. The van der Waals surface area contributed by atoms with Gasteiger partial charge in [-0.25, -0.2) is 8.78 Å². The maximum absolute atomic E-state index is 13.3. The molecule has 0 bridgehead atoms. The fourth-order valence-electron chi connectivity index (χ4n) is 2.07. The molecule has 0 saturated heterocycles. The van der Waals surface area contributed by atoms with Crippen LogP contribution >= 0.6 is 0 Å². The lowest BCUT2D eigenvalue weighted by molar-refractivity contribution is 0.0744. The van der Waals surface area contributed by atoms with E-state index >= 15 is 0 Å². The molecule has 0 aliphatic heterocycles. The number of benzene rings is 1. The number of amides is 1. The Labute approximate surface area is 105 Å². The van der Waals surface area contributed by atoms with Gasteiger partial charge in [-0.2, -0.15) is 0 Å². The Hall–Kier alpha value is -1.65. The topological polar surface area (TPSA) is 46.3 Å². The van der Waals surface area contributed by atoms with E-state index in [0.717, 1.165) is 25.0 Å². The van der Waals surface area contributed by atoms with Crippen LogP contribution in [0.25, 0.3) is 0 Å². The Kier molecular flexibility index (Phi) is 3.50. The monoisotopic (exact) mass is 254 g/mol. The molecule has 0 radical (unpaired) electrons. The molecule has 2 N–H and O–H groups in total. The Morgan fingerprint density at radius 3 is 2.39 bits per heavy atom. The SMILES string of the molecule is CN(CC1CCC1)C(=O)c1cc(F)c(N)c(F)c1. The second kappa shape index (κ2) is 4.92. The number of nitrogen functional groups attached to an aromatic ring is 1. The molecule has 0 aromatic heterocycles. The molecule has 5 heteroatoms. The smallest absolute Gasteiger partial charge is 0.253 e. The lowest BCUT2D eigenvalue weighted by Gasteiger charge is -2.30. The molecular formula is C13H16F2N2O. The fourth-order valence-corrected chi connectivity index (χ4v) is 2.07. The van der Waals surface area contributed by atoms with E-state index in [0.29, 0.717) is 12.5 Å². The molecule has 0 spiro atoms. The van der Waals surface area contributed by atoms with E-state index < -0.39 is 17.3 Å². The van der Waals surface area contributed by atoms with Gasteiger partial charge in [0.25, 0.3) is 5.91 Å². The number of hydrogen-bond donors (Lipinski definition) is 1. The highest BCUT2D eigenvalue weighted by Crippen LogP contribution is 2.27. The van der Waals surface area contributed by atoms with Gasteiger partial charge in [0.15, 0.2) is 0 Å². The highest BCUT2D eigenvalue weighted by atomic mass is 19.1. The molecule has 1 aliphatic carbocycles. The van der Waals surface area contributed by atoms with Crippen molar-refractivity contribution >= 4 is 11.6 Å². The van der Waals surface area contributed by atoms with Crippen molar-refractivity contribution in [1.29, 1.82) is 0 Å². The molecule has 0 unspecified atom stereocenters. The molecule has 1 saturated carbocycles. The van der Waals surface area contributed by atoms with Gasteiger partial charge in [0.1, 0.15) is 17.3 Å². The van der Waals surface area contributed by atoms with Crippen molar-refractivity contribution in [3.05, 3.63) is 29.3 Å². The number of anilines is 1. The van der Waals surface area contributed by atoms with E-state index in [9.17, 15) is 13.6 Å². The van der Waals surface area contributed by atoms with Crippen molar-refractivity contribution in [2.24, 2.45) is 5.92 Å². The maximum Gasteiger partial charge on any atom is 0.253 e. The Bertz CT molecular complexity index is 449. The van der Waals surface area contributed by atoms with Crippen LogP contribution in [0.1, 0.15) is 29.6 Å². The summed E-state index contributed by atoms with van der Waals surface area (Å²) in [5.74, 6) is -1.65. The van der Waals surface area contributed by atoms with Crippen molar-refractivity contribution in [3.63, 3.8) is 0 Å². The molecule has 98 valence electrons. The molecule has 1 fully saturated rings. The molecule has 1 amide bonds. The first kappa shape index (κ1) is 12.8. The zero-order valence-corrected chi connectivity index (χ0v) is 10.2. The number of hydrogen-bond acceptors (Lipinski definition) is 2. The van der Waals surface area contributed by atoms with E-state index in [1.807, 2.05) is 0 Å². The van der Waals surface area contributed by atoms with Crippen LogP contribution in [0, 0.1) is 17.6 Å². The van der Waals surface area contributed by atoms with E-state index in [1.165, 1.54) is 11.3 Å². The number of nitrogens with zero attached hydrogens (tertiary/aromatic N) is 1. The van der Waals surface area contributed by atoms with Gasteiger partial charge in [-0.05, 0) is 30.9 Å². The van der Waals surface area contributed by atoms with Crippen LogP contribution in [-0.4, -0.2) is 24.4 Å². The Morgan fingerprint density at radius 1 is 1.39 bits per heavy atom. The molecule has 3 nitrogen and oxygen atoms in total. The lowest BCUT2D eigenvalue weighted by atomic mass is 9.85. The van der Waals surface area contributed by atoms with Crippen LogP contribution in [0.4, 0.5) is 14.5 Å². The zero-order chi connectivity index (χ0) is 13.3. The summed E-state index contributed by atoms with van der Waals surface area (Å²) in [5, 5.41) is 0. The highest BCUT2D eigenvalue weighted by Gasteiger charge is 2.23. The minimum atomic E-state index is -0.893. The molecule has 1 aliphatic rings. The average Bonchev–Trinajstić information content (AvgIpc) is 2.28. The fraction of sp³-hybridized carbons (Fsp3) is 0.462. The zero-order valence-electron chi connectivity index (χ0n) is 10.2. The van der Waals surface area contributed by atoms with E-state index in [-0.39, 0.29) is 11.5 Å². The van der Waals surface area contributed by atoms with Gasteiger partial charge in [0, 0.05) is 19.2 Å². The molecule has 0 atom stereocenters. The van der Waals surface area contributed by atoms with Crippen LogP contribution in [0.5, 0.6) is 0 Å². The van der Waals surface area contributed by atoms with Crippen molar-refractivity contribution < 1.29 is 13.6 Å². The van der Waals surface area contributed by atoms with Crippen molar-refractivity contribution in [3.8, 4) is 0 Å². The van der Waals surface area contributed by atoms with Gasteiger partial charge in [0.2, 0.25) is 0 Å². The molecule has 1 aromatic rings. The van der Waals surface area contributed by atoms with Gasteiger partial charge < -0.3 is 10.6 Å². The summed E-state index contributed by atoms with van der Waals surface area (Å²) >= 11 is 0. The van der Waals surface area contributed by atoms with E-state index in [2.05, 4.69) is 0 Å². The predicted molar refractivity (Wildman–Crippen MR) is 65.1 cm³/mol. The van der Waals surface area contributed by atoms with E-state index in [4.69, 9.17) is 5.73 Å². The van der Waals surface area contributed by atoms with Crippen LogP contribution in [0.2, 0.25) is 0 Å². The molecule has 0 heterocycles. The molecular weight excluding hydrogens is 238 g/mol. The van der Waals surface area contributed by atoms with Gasteiger partial charge in [-0.15, -0.1) is 0 Å². The minimum Gasteiger partial charge on any atom is -0.394 e. The normalized spacial score (nSPS) is 15.3.